The fourth-order valence-electron chi connectivity index (χ4n) is 1.76. The number of nitrogens with one attached hydrogen (secondary N) is 1. The van der Waals surface area contributed by atoms with Crippen LogP contribution < -0.4 is 5.32 Å². The highest BCUT2D eigenvalue weighted by atomic mass is 16.2. The summed E-state index contributed by atoms with van der Waals surface area (Å²) in [6.45, 7) is 6.31. The van der Waals surface area contributed by atoms with Gasteiger partial charge in [-0.25, -0.2) is 4.79 Å². The molecule has 0 aromatic heterocycles. The second kappa shape index (κ2) is 6.94. The third kappa shape index (κ3) is 4.89. The average Bonchev–Trinajstić information content (AvgIpc) is 2.30. The van der Waals surface area contributed by atoms with Crippen LogP contribution >= 0.6 is 0 Å². The van der Waals surface area contributed by atoms with Crippen LogP contribution in [0.1, 0.15) is 26.2 Å². The summed E-state index contributed by atoms with van der Waals surface area (Å²) >= 11 is 0. The number of hydrogen-bond donors (Lipinski definition) is 1. The van der Waals surface area contributed by atoms with Crippen LogP contribution in [0.5, 0.6) is 0 Å². The number of allylic oxidation sites excluding steroid dienone is 2. The molecule has 1 atom stereocenters. The maximum Gasteiger partial charge on any atom is 0.317 e. The van der Waals surface area contributed by atoms with E-state index in [1.165, 1.54) is 5.57 Å². The first-order valence-electron chi connectivity index (χ1n) is 6.11. The fraction of sp³-hybridized carbons (Fsp3) is 0.500. The number of carbonyl (C=O) groups is 1. The first kappa shape index (κ1) is 13.6. The van der Waals surface area contributed by atoms with Gasteiger partial charge < -0.3 is 10.2 Å². The van der Waals surface area contributed by atoms with Gasteiger partial charge in [-0.15, -0.1) is 6.58 Å². The minimum atomic E-state index is -0.0285. The molecule has 94 valence electrons. The highest BCUT2D eigenvalue weighted by Gasteiger charge is 2.12. The Kier molecular flexibility index (Phi) is 5.53. The second-order valence-electron chi connectivity index (χ2n) is 4.49. The summed E-state index contributed by atoms with van der Waals surface area (Å²) in [5.74, 6) is 0. The number of rotatable bonds is 5. The summed E-state index contributed by atoms with van der Waals surface area (Å²) in [7, 11) is 1.82. The van der Waals surface area contributed by atoms with Gasteiger partial charge in [0.05, 0.1) is 0 Å². The first-order chi connectivity index (χ1) is 8.13. The van der Waals surface area contributed by atoms with Gasteiger partial charge in [0, 0.05) is 19.6 Å². The van der Waals surface area contributed by atoms with E-state index in [1.807, 2.05) is 20.0 Å². The average molecular weight is 234 g/mol. The molecule has 0 radical (unpaired) electrons. The third-order valence-corrected chi connectivity index (χ3v) is 2.73. The molecule has 1 N–H and O–H groups in total. The van der Waals surface area contributed by atoms with Gasteiger partial charge in [0.1, 0.15) is 0 Å². The summed E-state index contributed by atoms with van der Waals surface area (Å²) < 4.78 is 0. The van der Waals surface area contributed by atoms with Gasteiger partial charge in [-0.05, 0) is 31.8 Å². The van der Waals surface area contributed by atoms with Crippen LogP contribution in [0.3, 0.4) is 0 Å². The number of carbonyl (C=O) groups excluding carboxylic acids is 1. The Labute approximate surface area is 104 Å². The second-order valence-corrected chi connectivity index (χ2v) is 4.49. The molecule has 0 aromatic carbocycles. The summed E-state index contributed by atoms with van der Waals surface area (Å²) in [5, 5.41) is 2.93. The Bertz CT molecular complexity index is 331. The van der Waals surface area contributed by atoms with Crippen molar-refractivity contribution in [3.8, 4) is 0 Å². The minimum absolute atomic E-state index is 0.0285. The van der Waals surface area contributed by atoms with Crippen LogP contribution in [0.2, 0.25) is 0 Å². The standard InChI is InChI=1S/C14H22N2O/c1-4-8-12(2)15-14(17)16(3)11-13-9-6-5-7-10-13/h4,6,9-10,12H,1,5,7-8,11H2,2-3H3,(H,15,17). The lowest BCUT2D eigenvalue weighted by atomic mass is 10.1. The van der Waals surface area contributed by atoms with E-state index in [0.29, 0.717) is 6.54 Å². The lowest BCUT2D eigenvalue weighted by Crippen LogP contribution is -2.42. The summed E-state index contributed by atoms with van der Waals surface area (Å²) in [5.41, 5.74) is 1.21. The summed E-state index contributed by atoms with van der Waals surface area (Å²) in [4.78, 5) is 13.5. The molecule has 0 spiro atoms. The molecule has 0 aromatic rings. The molecule has 2 amide bonds. The Morgan fingerprint density at radius 2 is 2.41 bits per heavy atom. The lowest BCUT2D eigenvalue weighted by Gasteiger charge is -2.22. The molecule has 0 saturated heterocycles. The normalized spacial score (nSPS) is 16.0. The molecule has 3 nitrogen and oxygen atoms in total. The van der Waals surface area contributed by atoms with Gasteiger partial charge in [-0.3, -0.25) is 0 Å². The lowest BCUT2D eigenvalue weighted by molar-refractivity contribution is 0.209. The molecule has 0 saturated carbocycles. The molecule has 1 aliphatic carbocycles. The molecule has 1 rings (SSSR count). The molecule has 1 unspecified atom stereocenters. The third-order valence-electron chi connectivity index (χ3n) is 2.73. The molecule has 0 aliphatic heterocycles. The highest BCUT2D eigenvalue weighted by Crippen LogP contribution is 2.10. The van der Waals surface area contributed by atoms with Gasteiger partial charge in [0.2, 0.25) is 0 Å². The number of amides is 2. The first-order valence-corrected chi connectivity index (χ1v) is 6.11. The van der Waals surface area contributed by atoms with Crippen LogP contribution in [0.4, 0.5) is 4.79 Å². The van der Waals surface area contributed by atoms with Gasteiger partial charge in [-0.1, -0.05) is 24.3 Å². The zero-order chi connectivity index (χ0) is 12.7. The van der Waals surface area contributed by atoms with Crippen molar-refractivity contribution in [2.75, 3.05) is 13.6 Å². The smallest absolute Gasteiger partial charge is 0.317 e. The summed E-state index contributed by atoms with van der Waals surface area (Å²) in [6.07, 6.45) is 11.2. The van der Waals surface area contributed by atoms with Gasteiger partial charge in [0.25, 0.3) is 0 Å². The monoisotopic (exact) mass is 234 g/mol. The molecule has 17 heavy (non-hydrogen) atoms. The van der Waals surface area contributed by atoms with Crippen molar-refractivity contribution in [1.82, 2.24) is 10.2 Å². The fourth-order valence-corrected chi connectivity index (χ4v) is 1.76. The minimum Gasteiger partial charge on any atom is -0.335 e. The maximum absolute atomic E-state index is 11.8. The summed E-state index contributed by atoms with van der Waals surface area (Å²) in [6, 6.07) is 0.109. The van der Waals surface area contributed by atoms with Gasteiger partial charge in [-0.2, -0.15) is 0 Å². The topological polar surface area (TPSA) is 32.3 Å². The quantitative estimate of drug-likeness (QED) is 0.729. The Morgan fingerprint density at radius 3 is 3.00 bits per heavy atom. The van der Waals surface area contributed by atoms with E-state index < -0.39 is 0 Å². The molecule has 1 aliphatic rings. The molecule has 0 heterocycles. The van der Waals surface area contributed by atoms with Crippen LogP contribution in [0, 0.1) is 0 Å². The van der Waals surface area contributed by atoms with Gasteiger partial charge >= 0.3 is 6.03 Å². The van der Waals surface area contributed by atoms with E-state index in [2.05, 4.69) is 30.1 Å². The number of hydrogen-bond acceptors (Lipinski definition) is 1. The highest BCUT2D eigenvalue weighted by molar-refractivity contribution is 5.74. The molecule has 0 fully saturated rings. The van der Waals surface area contributed by atoms with Crippen molar-refractivity contribution >= 4 is 6.03 Å². The van der Waals surface area contributed by atoms with Crippen LogP contribution in [-0.4, -0.2) is 30.6 Å². The van der Waals surface area contributed by atoms with Crippen molar-refractivity contribution in [3.05, 3.63) is 36.5 Å². The van der Waals surface area contributed by atoms with E-state index in [1.54, 1.807) is 4.90 Å². The SMILES string of the molecule is C=CCC(C)NC(=O)N(C)CC1=CCCC=C1. The molecular formula is C14H22N2O. The number of nitrogens with zero attached hydrogens (tertiary/aromatic N) is 1. The van der Waals surface area contributed by atoms with Crippen LogP contribution in [0.15, 0.2) is 36.5 Å². The Hall–Kier alpha value is -1.51. The van der Waals surface area contributed by atoms with Crippen LogP contribution in [0.25, 0.3) is 0 Å². The van der Waals surface area contributed by atoms with E-state index in [-0.39, 0.29) is 12.1 Å². The maximum atomic E-state index is 11.8. The zero-order valence-corrected chi connectivity index (χ0v) is 10.8. The molecule has 0 bridgehead atoms. The van der Waals surface area contributed by atoms with E-state index >= 15 is 0 Å². The van der Waals surface area contributed by atoms with Gasteiger partial charge in [0.15, 0.2) is 0 Å². The van der Waals surface area contributed by atoms with Crippen molar-refractivity contribution < 1.29 is 4.79 Å². The van der Waals surface area contributed by atoms with E-state index in [9.17, 15) is 4.79 Å². The van der Waals surface area contributed by atoms with Crippen molar-refractivity contribution in [3.63, 3.8) is 0 Å². The number of likely N-dealkylation sites (N-methyl/N-ethyl adjacent to an activating group) is 1. The van der Waals surface area contributed by atoms with E-state index in [4.69, 9.17) is 0 Å². The van der Waals surface area contributed by atoms with Crippen molar-refractivity contribution in [2.24, 2.45) is 0 Å². The van der Waals surface area contributed by atoms with E-state index in [0.717, 1.165) is 19.3 Å². The number of urea groups is 1. The predicted octanol–water partition coefficient (Wildman–Crippen LogP) is 2.87. The van der Waals surface area contributed by atoms with Crippen molar-refractivity contribution in [2.45, 2.75) is 32.2 Å². The predicted molar refractivity (Wildman–Crippen MR) is 71.9 cm³/mol. The van der Waals surface area contributed by atoms with Crippen LogP contribution in [-0.2, 0) is 0 Å². The Balaban J connectivity index is 2.38. The zero-order valence-electron chi connectivity index (χ0n) is 10.8. The molecule has 3 heteroatoms. The Morgan fingerprint density at radius 1 is 1.65 bits per heavy atom. The van der Waals surface area contributed by atoms with Crippen molar-refractivity contribution in [1.29, 1.82) is 0 Å². The largest absolute Gasteiger partial charge is 0.335 e. The molecular weight excluding hydrogens is 212 g/mol.